The van der Waals surface area contributed by atoms with Crippen molar-refractivity contribution in [2.24, 2.45) is 0 Å². The number of amides is 1. The van der Waals surface area contributed by atoms with E-state index in [4.69, 9.17) is 0 Å². The van der Waals surface area contributed by atoms with Crippen LogP contribution in [-0.4, -0.2) is 49.0 Å². The SMILES string of the molecule is COC(C(F)(F)F)C1(F)CCN(C(C)=O)CC1. The smallest absolute Gasteiger partial charge is 0.369 e. The molecule has 1 saturated heterocycles. The molecule has 0 aromatic heterocycles. The van der Waals surface area contributed by atoms with Crippen LogP contribution in [0.1, 0.15) is 19.8 Å². The summed E-state index contributed by atoms with van der Waals surface area (Å²) >= 11 is 0. The number of alkyl halides is 4. The van der Waals surface area contributed by atoms with Gasteiger partial charge in [-0.2, -0.15) is 13.2 Å². The lowest BCUT2D eigenvalue weighted by atomic mass is 9.87. The average molecular weight is 257 g/mol. The van der Waals surface area contributed by atoms with E-state index in [-0.39, 0.29) is 31.8 Å². The molecule has 0 aliphatic carbocycles. The highest BCUT2D eigenvalue weighted by atomic mass is 19.4. The molecule has 17 heavy (non-hydrogen) atoms. The number of hydrogen-bond acceptors (Lipinski definition) is 2. The van der Waals surface area contributed by atoms with Crippen LogP contribution >= 0.6 is 0 Å². The fourth-order valence-electron chi connectivity index (χ4n) is 2.09. The van der Waals surface area contributed by atoms with Gasteiger partial charge in [0.2, 0.25) is 5.91 Å². The molecule has 0 bridgehead atoms. The molecule has 1 amide bonds. The molecular weight excluding hydrogens is 242 g/mol. The van der Waals surface area contributed by atoms with Gasteiger partial charge in [-0.25, -0.2) is 4.39 Å². The summed E-state index contributed by atoms with van der Waals surface area (Å²) in [7, 11) is 0.844. The molecule has 0 radical (unpaired) electrons. The highest BCUT2D eigenvalue weighted by Crippen LogP contribution is 2.39. The van der Waals surface area contributed by atoms with E-state index in [0.29, 0.717) is 0 Å². The van der Waals surface area contributed by atoms with Crippen LogP contribution in [0, 0.1) is 0 Å². The molecular formula is C10H15F4NO2. The Morgan fingerprint density at radius 3 is 2.12 bits per heavy atom. The molecule has 1 atom stereocenters. The van der Waals surface area contributed by atoms with Gasteiger partial charge >= 0.3 is 6.18 Å². The summed E-state index contributed by atoms with van der Waals surface area (Å²) in [5.74, 6) is -0.256. The predicted octanol–water partition coefficient (Wildman–Crippen LogP) is 1.91. The van der Waals surface area contributed by atoms with E-state index in [0.717, 1.165) is 7.11 Å². The minimum absolute atomic E-state index is 0.0121. The molecule has 1 rings (SSSR count). The lowest BCUT2D eigenvalue weighted by Gasteiger charge is -2.40. The Morgan fingerprint density at radius 1 is 1.35 bits per heavy atom. The number of carbonyl (C=O) groups excluding carboxylic acids is 1. The van der Waals surface area contributed by atoms with Crippen LogP contribution in [0.15, 0.2) is 0 Å². The van der Waals surface area contributed by atoms with E-state index >= 15 is 0 Å². The normalized spacial score (nSPS) is 22.4. The van der Waals surface area contributed by atoms with Crippen molar-refractivity contribution >= 4 is 5.91 Å². The van der Waals surface area contributed by atoms with Crippen molar-refractivity contribution in [3.63, 3.8) is 0 Å². The Hall–Kier alpha value is -0.850. The highest BCUT2D eigenvalue weighted by molar-refractivity contribution is 5.73. The van der Waals surface area contributed by atoms with Gasteiger partial charge in [-0.05, 0) is 0 Å². The largest absolute Gasteiger partial charge is 0.417 e. The average Bonchev–Trinajstić information content (AvgIpc) is 2.16. The number of halogens is 4. The van der Waals surface area contributed by atoms with E-state index < -0.39 is 17.9 Å². The molecule has 1 heterocycles. The molecule has 0 saturated carbocycles. The van der Waals surface area contributed by atoms with E-state index in [9.17, 15) is 22.4 Å². The van der Waals surface area contributed by atoms with Gasteiger partial charge in [0, 0.05) is 40.0 Å². The molecule has 7 heteroatoms. The van der Waals surface area contributed by atoms with Gasteiger partial charge < -0.3 is 9.64 Å². The molecule has 1 unspecified atom stereocenters. The van der Waals surface area contributed by atoms with Crippen LogP contribution in [0.5, 0.6) is 0 Å². The van der Waals surface area contributed by atoms with Crippen molar-refractivity contribution in [2.75, 3.05) is 20.2 Å². The molecule has 100 valence electrons. The number of ether oxygens (including phenoxy) is 1. The van der Waals surface area contributed by atoms with Gasteiger partial charge in [-0.15, -0.1) is 0 Å². The zero-order valence-corrected chi connectivity index (χ0v) is 9.68. The molecule has 0 spiro atoms. The summed E-state index contributed by atoms with van der Waals surface area (Å²) in [6.07, 6.45) is -7.87. The molecule has 0 N–H and O–H groups in total. The summed E-state index contributed by atoms with van der Waals surface area (Å²) < 4.78 is 56.1. The quantitative estimate of drug-likeness (QED) is 0.707. The van der Waals surface area contributed by atoms with E-state index in [2.05, 4.69) is 4.74 Å². The number of rotatable bonds is 2. The Morgan fingerprint density at radius 2 is 1.82 bits per heavy atom. The highest BCUT2D eigenvalue weighted by Gasteiger charge is 2.56. The van der Waals surface area contributed by atoms with E-state index in [1.54, 1.807) is 0 Å². The van der Waals surface area contributed by atoms with Crippen molar-refractivity contribution in [1.29, 1.82) is 0 Å². The third-order valence-corrected chi connectivity index (χ3v) is 3.04. The molecule has 1 aliphatic heterocycles. The minimum atomic E-state index is -4.73. The van der Waals surface area contributed by atoms with E-state index in [1.165, 1.54) is 11.8 Å². The number of methoxy groups -OCH3 is 1. The summed E-state index contributed by atoms with van der Waals surface area (Å²) in [4.78, 5) is 12.3. The first-order valence-corrected chi connectivity index (χ1v) is 5.24. The first kappa shape index (κ1) is 14.2. The van der Waals surface area contributed by atoms with Crippen LogP contribution in [0.2, 0.25) is 0 Å². The Kier molecular flexibility index (Phi) is 4.01. The van der Waals surface area contributed by atoms with Gasteiger partial charge in [-0.1, -0.05) is 0 Å². The van der Waals surface area contributed by atoms with Crippen molar-refractivity contribution < 1.29 is 27.1 Å². The number of piperidine rings is 1. The maximum Gasteiger partial charge on any atom is 0.417 e. The molecule has 3 nitrogen and oxygen atoms in total. The fourth-order valence-corrected chi connectivity index (χ4v) is 2.09. The van der Waals surface area contributed by atoms with Gasteiger partial charge in [0.15, 0.2) is 6.10 Å². The zero-order chi connectivity index (χ0) is 13.3. The number of hydrogen-bond donors (Lipinski definition) is 0. The first-order valence-electron chi connectivity index (χ1n) is 5.24. The predicted molar refractivity (Wildman–Crippen MR) is 52.2 cm³/mol. The Balaban J connectivity index is 2.74. The van der Waals surface area contributed by atoms with Crippen LogP contribution in [-0.2, 0) is 9.53 Å². The number of nitrogens with zero attached hydrogens (tertiary/aromatic N) is 1. The molecule has 0 aromatic rings. The monoisotopic (exact) mass is 257 g/mol. The third-order valence-electron chi connectivity index (χ3n) is 3.04. The van der Waals surface area contributed by atoms with Crippen molar-refractivity contribution in [2.45, 2.75) is 37.7 Å². The second kappa shape index (κ2) is 4.80. The van der Waals surface area contributed by atoms with Crippen molar-refractivity contribution in [1.82, 2.24) is 4.90 Å². The topological polar surface area (TPSA) is 29.5 Å². The fraction of sp³-hybridized carbons (Fsp3) is 0.900. The lowest BCUT2D eigenvalue weighted by Crippen LogP contribution is -2.55. The van der Waals surface area contributed by atoms with E-state index in [1.807, 2.05) is 0 Å². The van der Waals surface area contributed by atoms with Crippen molar-refractivity contribution in [3.8, 4) is 0 Å². The molecule has 0 aromatic carbocycles. The van der Waals surface area contributed by atoms with Gasteiger partial charge in [0.25, 0.3) is 0 Å². The summed E-state index contributed by atoms with van der Waals surface area (Å²) in [6, 6.07) is 0. The molecule has 1 aliphatic rings. The third kappa shape index (κ3) is 3.08. The van der Waals surface area contributed by atoms with Gasteiger partial charge in [0.1, 0.15) is 5.67 Å². The molecule has 1 fully saturated rings. The zero-order valence-electron chi connectivity index (χ0n) is 9.68. The van der Waals surface area contributed by atoms with Crippen LogP contribution in [0.3, 0.4) is 0 Å². The number of likely N-dealkylation sites (tertiary alicyclic amines) is 1. The van der Waals surface area contributed by atoms with Crippen molar-refractivity contribution in [3.05, 3.63) is 0 Å². The number of carbonyl (C=O) groups is 1. The minimum Gasteiger partial charge on any atom is -0.369 e. The maximum absolute atomic E-state index is 14.2. The van der Waals surface area contributed by atoms with Crippen LogP contribution in [0.25, 0.3) is 0 Å². The Bertz CT molecular complexity index is 285. The summed E-state index contributed by atoms with van der Waals surface area (Å²) in [5.41, 5.74) is -2.45. The summed E-state index contributed by atoms with van der Waals surface area (Å²) in [6.45, 7) is 1.28. The standard InChI is InChI=1S/C10H15F4NO2/c1-7(16)15-5-3-9(11,4-6-15)8(17-2)10(12,13)14/h8H,3-6H2,1-2H3. The van der Waals surface area contributed by atoms with Gasteiger partial charge in [-0.3, -0.25) is 4.79 Å². The summed E-state index contributed by atoms with van der Waals surface area (Å²) in [5, 5.41) is 0. The second-order valence-corrected chi connectivity index (χ2v) is 4.20. The Labute approximate surface area is 96.7 Å². The van der Waals surface area contributed by atoms with Crippen LogP contribution < -0.4 is 0 Å². The first-order chi connectivity index (χ1) is 7.70. The van der Waals surface area contributed by atoms with Crippen LogP contribution in [0.4, 0.5) is 17.6 Å². The van der Waals surface area contributed by atoms with Gasteiger partial charge in [0.05, 0.1) is 0 Å². The second-order valence-electron chi connectivity index (χ2n) is 4.20. The maximum atomic E-state index is 14.2. The lowest BCUT2D eigenvalue weighted by molar-refractivity contribution is -0.256.